The first-order chi connectivity index (χ1) is 15.0. The van der Waals surface area contributed by atoms with Gasteiger partial charge in [0, 0.05) is 16.3 Å². The van der Waals surface area contributed by atoms with E-state index in [-0.39, 0.29) is 16.7 Å². The zero-order valence-electron chi connectivity index (χ0n) is 15.9. The molecule has 0 saturated heterocycles. The van der Waals surface area contributed by atoms with Crippen molar-refractivity contribution >= 4 is 46.6 Å². The van der Waals surface area contributed by atoms with Gasteiger partial charge in [-0.15, -0.1) is 10.2 Å². The summed E-state index contributed by atoms with van der Waals surface area (Å²) in [4.78, 5) is 12.4. The summed E-state index contributed by atoms with van der Waals surface area (Å²) in [5.41, 5.74) is 1.21. The van der Waals surface area contributed by atoms with Crippen LogP contribution < -0.4 is 5.32 Å². The second-order valence-electron chi connectivity index (χ2n) is 6.45. The smallest absolute Gasteiger partial charge is 0.234 e. The highest BCUT2D eigenvalue weighted by Gasteiger charge is 2.17. The van der Waals surface area contributed by atoms with Gasteiger partial charge in [-0.25, -0.2) is 4.39 Å². The number of hydrogen-bond acceptors (Lipinski definition) is 5. The van der Waals surface area contributed by atoms with Crippen LogP contribution in [0.2, 0.25) is 10.0 Å². The van der Waals surface area contributed by atoms with Crippen LogP contribution in [0.3, 0.4) is 0 Å². The molecule has 1 N–H and O–H groups in total. The molecular formula is C21H15Cl2FN4O2S. The fourth-order valence-corrected chi connectivity index (χ4v) is 3.95. The SMILES string of the molecule is O=C(CSc1nnc(-c2cccc(Cl)c2)n1Cc1ccco1)Nc1ccc(F)c(Cl)c1. The molecule has 0 unspecified atom stereocenters. The standard InChI is InChI=1S/C21H15Cl2FN4O2S/c22-14-4-1-3-13(9-14)20-26-27-21(28(20)11-16-5-2-8-30-16)31-12-19(29)25-15-6-7-18(24)17(23)10-15/h1-10H,11-12H2,(H,25,29). The Labute approximate surface area is 191 Å². The van der Waals surface area contributed by atoms with Gasteiger partial charge in [0.05, 0.1) is 23.6 Å². The van der Waals surface area contributed by atoms with E-state index in [2.05, 4.69) is 15.5 Å². The minimum atomic E-state index is -0.548. The molecule has 0 aliphatic carbocycles. The molecule has 0 radical (unpaired) electrons. The normalized spacial score (nSPS) is 10.9. The number of hydrogen-bond donors (Lipinski definition) is 1. The van der Waals surface area contributed by atoms with Gasteiger partial charge < -0.3 is 9.73 Å². The molecule has 0 bridgehead atoms. The maximum atomic E-state index is 13.3. The zero-order valence-corrected chi connectivity index (χ0v) is 18.2. The fourth-order valence-electron chi connectivity index (χ4n) is 2.84. The lowest BCUT2D eigenvalue weighted by molar-refractivity contribution is -0.113. The van der Waals surface area contributed by atoms with Crippen molar-refractivity contribution in [2.75, 3.05) is 11.1 Å². The number of thioether (sulfide) groups is 1. The van der Waals surface area contributed by atoms with Gasteiger partial charge in [0.25, 0.3) is 0 Å². The zero-order chi connectivity index (χ0) is 21.8. The van der Waals surface area contributed by atoms with Crippen LogP contribution in [0.5, 0.6) is 0 Å². The number of nitrogens with one attached hydrogen (secondary N) is 1. The number of aromatic nitrogens is 3. The molecule has 2 aromatic carbocycles. The van der Waals surface area contributed by atoms with Crippen molar-refractivity contribution in [3.8, 4) is 11.4 Å². The summed E-state index contributed by atoms with van der Waals surface area (Å²) in [5, 5.41) is 12.3. The monoisotopic (exact) mass is 476 g/mol. The van der Waals surface area contributed by atoms with Gasteiger partial charge in [-0.1, -0.05) is 47.1 Å². The number of rotatable bonds is 7. The van der Waals surface area contributed by atoms with Crippen LogP contribution in [0.15, 0.2) is 70.4 Å². The quantitative estimate of drug-likeness (QED) is 0.343. The lowest BCUT2D eigenvalue weighted by atomic mass is 10.2. The highest BCUT2D eigenvalue weighted by molar-refractivity contribution is 7.99. The van der Waals surface area contributed by atoms with E-state index in [1.807, 2.05) is 22.8 Å². The van der Waals surface area contributed by atoms with Gasteiger partial charge in [0.15, 0.2) is 11.0 Å². The number of amides is 1. The minimum absolute atomic E-state index is 0.0604. The highest BCUT2D eigenvalue weighted by atomic mass is 35.5. The Morgan fingerprint density at radius 3 is 2.74 bits per heavy atom. The van der Waals surface area contributed by atoms with Crippen molar-refractivity contribution in [1.82, 2.24) is 14.8 Å². The Balaban J connectivity index is 1.53. The van der Waals surface area contributed by atoms with Gasteiger partial charge >= 0.3 is 0 Å². The molecule has 0 atom stereocenters. The molecule has 2 aromatic heterocycles. The summed E-state index contributed by atoms with van der Waals surface area (Å²) < 4.78 is 20.6. The van der Waals surface area contributed by atoms with Crippen molar-refractivity contribution in [2.24, 2.45) is 0 Å². The Bertz CT molecular complexity index is 1210. The van der Waals surface area contributed by atoms with Gasteiger partial charge in [-0.2, -0.15) is 0 Å². The predicted octanol–water partition coefficient (Wildman–Crippen LogP) is 5.76. The summed E-state index contributed by atoms with van der Waals surface area (Å²) in [6, 6.07) is 14.9. The van der Waals surface area contributed by atoms with E-state index < -0.39 is 5.82 Å². The van der Waals surface area contributed by atoms with Crippen molar-refractivity contribution in [3.63, 3.8) is 0 Å². The third kappa shape index (κ3) is 5.28. The average Bonchev–Trinajstić information content (AvgIpc) is 3.40. The molecule has 0 saturated carbocycles. The second kappa shape index (κ2) is 9.55. The van der Waals surface area contributed by atoms with Gasteiger partial charge in [0.2, 0.25) is 5.91 Å². The Morgan fingerprint density at radius 2 is 2.00 bits per heavy atom. The number of benzene rings is 2. The first-order valence-corrected chi connectivity index (χ1v) is 10.8. The number of nitrogens with zero attached hydrogens (tertiary/aromatic N) is 3. The van der Waals surface area contributed by atoms with Crippen LogP contribution in [-0.4, -0.2) is 26.4 Å². The fraction of sp³-hybridized carbons (Fsp3) is 0.0952. The van der Waals surface area contributed by atoms with Crippen LogP contribution >= 0.6 is 35.0 Å². The minimum Gasteiger partial charge on any atom is -0.467 e. The lowest BCUT2D eigenvalue weighted by Gasteiger charge is -2.09. The summed E-state index contributed by atoms with van der Waals surface area (Å²) in [5.74, 6) is 0.557. The van der Waals surface area contributed by atoms with Gasteiger partial charge in [0.1, 0.15) is 11.6 Å². The number of anilines is 1. The lowest BCUT2D eigenvalue weighted by Crippen LogP contribution is -2.15. The molecule has 0 aliphatic heterocycles. The van der Waals surface area contributed by atoms with E-state index in [1.54, 1.807) is 24.5 Å². The average molecular weight is 477 g/mol. The van der Waals surface area contributed by atoms with Crippen molar-refractivity contribution in [3.05, 3.63) is 82.5 Å². The maximum Gasteiger partial charge on any atom is 0.234 e. The largest absolute Gasteiger partial charge is 0.467 e. The van der Waals surface area contributed by atoms with Crippen LogP contribution in [0.25, 0.3) is 11.4 Å². The Kier molecular flexibility index (Phi) is 6.60. The summed E-state index contributed by atoms with van der Waals surface area (Å²) in [7, 11) is 0. The predicted molar refractivity (Wildman–Crippen MR) is 119 cm³/mol. The maximum absolute atomic E-state index is 13.3. The van der Waals surface area contributed by atoms with E-state index in [0.717, 1.165) is 11.3 Å². The molecule has 31 heavy (non-hydrogen) atoms. The highest BCUT2D eigenvalue weighted by Crippen LogP contribution is 2.27. The van der Waals surface area contributed by atoms with Crippen LogP contribution in [0.1, 0.15) is 5.76 Å². The Hall–Kier alpha value is -2.81. The van der Waals surface area contributed by atoms with E-state index in [4.69, 9.17) is 27.6 Å². The molecule has 10 heteroatoms. The summed E-state index contributed by atoms with van der Waals surface area (Å²) in [6.45, 7) is 0.388. The van der Waals surface area contributed by atoms with E-state index in [9.17, 15) is 9.18 Å². The van der Waals surface area contributed by atoms with Gasteiger partial charge in [-0.05, 0) is 42.5 Å². The molecule has 1 amide bonds. The number of halogens is 3. The van der Waals surface area contributed by atoms with E-state index in [0.29, 0.717) is 28.2 Å². The van der Waals surface area contributed by atoms with Crippen LogP contribution in [-0.2, 0) is 11.3 Å². The van der Waals surface area contributed by atoms with E-state index in [1.165, 1.54) is 30.0 Å². The van der Waals surface area contributed by atoms with Crippen molar-refractivity contribution < 1.29 is 13.6 Å². The molecule has 0 fully saturated rings. The number of carbonyl (C=O) groups excluding carboxylic acids is 1. The van der Waals surface area contributed by atoms with E-state index >= 15 is 0 Å². The first kappa shape index (κ1) is 21.4. The number of carbonyl (C=O) groups is 1. The molecule has 0 spiro atoms. The van der Waals surface area contributed by atoms with Crippen molar-refractivity contribution in [2.45, 2.75) is 11.7 Å². The van der Waals surface area contributed by atoms with Gasteiger partial charge in [-0.3, -0.25) is 9.36 Å². The first-order valence-electron chi connectivity index (χ1n) is 9.09. The molecule has 158 valence electrons. The molecular weight excluding hydrogens is 462 g/mol. The van der Waals surface area contributed by atoms with Crippen molar-refractivity contribution in [1.29, 1.82) is 0 Å². The molecule has 0 aliphatic rings. The van der Waals surface area contributed by atoms with Crippen LogP contribution in [0.4, 0.5) is 10.1 Å². The molecule has 4 aromatic rings. The summed E-state index contributed by atoms with van der Waals surface area (Å²) >= 11 is 13.1. The molecule has 6 nitrogen and oxygen atoms in total. The third-order valence-corrected chi connectivity index (χ3v) is 5.72. The summed E-state index contributed by atoms with van der Waals surface area (Å²) in [6.07, 6.45) is 1.59. The topological polar surface area (TPSA) is 73.0 Å². The third-order valence-electron chi connectivity index (χ3n) is 4.23. The second-order valence-corrected chi connectivity index (χ2v) is 8.23. The number of furan rings is 1. The Morgan fingerprint density at radius 1 is 1.13 bits per heavy atom. The van der Waals surface area contributed by atoms with Crippen LogP contribution in [0, 0.1) is 5.82 Å². The molecule has 4 rings (SSSR count). The molecule has 2 heterocycles.